The van der Waals surface area contributed by atoms with Gasteiger partial charge in [0, 0.05) is 24.6 Å². The van der Waals surface area contributed by atoms with Crippen molar-refractivity contribution in [1.29, 1.82) is 0 Å². The van der Waals surface area contributed by atoms with E-state index in [1.54, 1.807) is 0 Å². The monoisotopic (exact) mass is 482 g/mol. The molecule has 3 aliphatic rings. The average molecular weight is 483 g/mol. The van der Waals surface area contributed by atoms with E-state index in [1.165, 1.54) is 31.5 Å². The number of benzene rings is 1. The summed E-state index contributed by atoms with van der Waals surface area (Å²) in [6, 6.07) is 8.43. The summed E-state index contributed by atoms with van der Waals surface area (Å²) >= 11 is 0. The first-order chi connectivity index (χ1) is 16.9. The molecular weight excluding hydrogens is 436 g/mol. The molecular formula is C29H46N4O2. The maximum absolute atomic E-state index is 12.7. The predicted molar refractivity (Wildman–Crippen MR) is 143 cm³/mol. The van der Waals surface area contributed by atoms with E-state index < -0.39 is 0 Å². The van der Waals surface area contributed by atoms with Gasteiger partial charge in [-0.1, -0.05) is 32.0 Å². The fourth-order valence-electron chi connectivity index (χ4n) is 5.82. The number of aryl methyl sites for hydroxylation is 1. The Morgan fingerprint density at radius 1 is 1.09 bits per heavy atom. The summed E-state index contributed by atoms with van der Waals surface area (Å²) in [6.45, 7) is 16.1. The number of piperidine rings is 2. The largest absolute Gasteiger partial charge is 0.472 e. The first-order valence-electron chi connectivity index (χ1n) is 13.9. The molecule has 6 nitrogen and oxygen atoms in total. The van der Waals surface area contributed by atoms with E-state index in [9.17, 15) is 4.79 Å². The molecule has 3 heterocycles. The third-order valence-electron chi connectivity index (χ3n) is 8.43. The number of aliphatic imine (C=N–C) groups is 1. The van der Waals surface area contributed by atoms with E-state index in [-0.39, 0.29) is 24.0 Å². The van der Waals surface area contributed by atoms with Gasteiger partial charge in [0.05, 0.1) is 0 Å². The number of amides is 1. The lowest BCUT2D eigenvalue weighted by Gasteiger charge is -2.34. The molecule has 2 fully saturated rings. The summed E-state index contributed by atoms with van der Waals surface area (Å²) in [4.78, 5) is 22.7. The Balaban J connectivity index is 1.13. The molecule has 2 saturated heterocycles. The molecule has 0 bridgehead atoms. The quantitative estimate of drug-likeness (QED) is 0.538. The lowest BCUT2D eigenvalue weighted by molar-refractivity contribution is -0.126. The van der Waals surface area contributed by atoms with Gasteiger partial charge in [-0.05, 0) is 102 Å². The summed E-state index contributed by atoms with van der Waals surface area (Å²) in [5.41, 5.74) is 2.29. The Hall–Kier alpha value is -1.92. The lowest BCUT2D eigenvalue weighted by atomic mass is 9.87. The number of nitrogens with one attached hydrogen (secondary N) is 1. The average Bonchev–Trinajstić information content (AvgIpc) is 3.22. The third kappa shape index (κ3) is 7.07. The predicted octanol–water partition coefficient (Wildman–Crippen LogP) is 4.12. The van der Waals surface area contributed by atoms with Gasteiger partial charge in [-0.15, -0.1) is 0 Å². The van der Waals surface area contributed by atoms with E-state index >= 15 is 0 Å². The minimum atomic E-state index is 0.0850. The second kappa shape index (κ2) is 12.4. The van der Waals surface area contributed by atoms with Crippen LogP contribution in [0.15, 0.2) is 29.3 Å². The zero-order valence-electron chi connectivity index (χ0n) is 22.3. The van der Waals surface area contributed by atoms with Crippen LogP contribution in [0.3, 0.4) is 0 Å². The number of ether oxygens (including phenoxy) is 1. The van der Waals surface area contributed by atoms with Crippen molar-refractivity contribution in [2.75, 3.05) is 45.8 Å². The number of hydrogen-bond donors (Lipinski definition) is 1. The molecule has 0 saturated carbocycles. The molecule has 4 rings (SSSR count). The van der Waals surface area contributed by atoms with E-state index in [1.807, 2.05) is 12.1 Å². The Kier molecular flexibility index (Phi) is 9.23. The van der Waals surface area contributed by atoms with Crippen LogP contribution in [0.5, 0.6) is 0 Å². The molecule has 6 heteroatoms. The fraction of sp³-hybridized carbons (Fsp3) is 0.724. The van der Waals surface area contributed by atoms with Gasteiger partial charge in [0.1, 0.15) is 12.1 Å². The molecule has 3 aliphatic heterocycles. The van der Waals surface area contributed by atoms with Crippen molar-refractivity contribution in [2.45, 2.75) is 71.9 Å². The maximum atomic E-state index is 12.7. The highest BCUT2D eigenvalue weighted by atomic mass is 16.5. The van der Waals surface area contributed by atoms with Crippen LogP contribution in [-0.2, 0) is 9.53 Å². The Morgan fingerprint density at radius 3 is 2.46 bits per heavy atom. The number of likely N-dealkylation sites (tertiary alicyclic amines) is 2. The van der Waals surface area contributed by atoms with Crippen LogP contribution in [0.1, 0.15) is 64.0 Å². The van der Waals surface area contributed by atoms with Crippen LogP contribution in [0, 0.1) is 24.7 Å². The summed E-state index contributed by atoms with van der Waals surface area (Å²) < 4.78 is 6.11. The summed E-state index contributed by atoms with van der Waals surface area (Å²) in [6.07, 6.45) is 5.66. The standard InChI is InChI=1S/C29H46N4O2/c1-21(2)24-10-16-32(17-11-24)15-7-14-30-28(34)25-12-18-33(19-13-25)20-27-23(4)35-29(31-27)26-9-6-5-8-22(26)3/h5-6,8-9,21,23-25,27H,7,10-20H2,1-4H3,(H,30,34). The second-order valence-corrected chi connectivity index (χ2v) is 11.3. The van der Waals surface area contributed by atoms with Crippen molar-refractivity contribution in [3.05, 3.63) is 35.4 Å². The van der Waals surface area contributed by atoms with Crippen molar-refractivity contribution in [3.63, 3.8) is 0 Å². The molecule has 1 aromatic rings. The Morgan fingerprint density at radius 2 is 1.77 bits per heavy atom. The van der Waals surface area contributed by atoms with Gasteiger partial charge < -0.3 is 19.9 Å². The molecule has 1 amide bonds. The van der Waals surface area contributed by atoms with Crippen LogP contribution >= 0.6 is 0 Å². The first-order valence-corrected chi connectivity index (χ1v) is 13.9. The minimum absolute atomic E-state index is 0.0850. The zero-order chi connectivity index (χ0) is 24.8. The Labute approximate surface area is 212 Å². The first kappa shape index (κ1) is 26.2. The van der Waals surface area contributed by atoms with Crippen LogP contribution in [0.4, 0.5) is 0 Å². The van der Waals surface area contributed by atoms with Gasteiger partial charge in [0.15, 0.2) is 0 Å². The van der Waals surface area contributed by atoms with Crippen LogP contribution in [0.2, 0.25) is 0 Å². The molecule has 2 unspecified atom stereocenters. The molecule has 0 spiro atoms. The van der Waals surface area contributed by atoms with Gasteiger partial charge in [0.2, 0.25) is 11.8 Å². The number of hydrogen-bond acceptors (Lipinski definition) is 5. The fourth-order valence-corrected chi connectivity index (χ4v) is 5.82. The number of carbonyl (C=O) groups excluding carboxylic acids is 1. The van der Waals surface area contributed by atoms with E-state index in [2.05, 4.69) is 54.9 Å². The lowest BCUT2D eigenvalue weighted by Crippen LogP contribution is -2.44. The minimum Gasteiger partial charge on any atom is -0.472 e. The molecule has 35 heavy (non-hydrogen) atoms. The number of nitrogens with zero attached hydrogens (tertiary/aromatic N) is 3. The second-order valence-electron chi connectivity index (χ2n) is 11.3. The van der Waals surface area contributed by atoms with Crippen molar-refractivity contribution < 1.29 is 9.53 Å². The van der Waals surface area contributed by atoms with E-state index in [0.717, 1.165) is 75.3 Å². The molecule has 2 atom stereocenters. The summed E-state index contributed by atoms with van der Waals surface area (Å²) in [7, 11) is 0. The van der Waals surface area contributed by atoms with E-state index in [0.29, 0.717) is 0 Å². The highest BCUT2D eigenvalue weighted by molar-refractivity contribution is 5.96. The van der Waals surface area contributed by atoms with Gasteiger partial charge in [0.25, 0.3) is 0 Å². The van der Waals surface area contributed by atoms with E-state index in [4.69, 9.17) is 9.73 Å². The smallest absolute Gasteiger partial charge is 0.223 e. The SMILES string of the molecule is Cc1ccccc1C1=NC(CN2CCC(C(=O)NCCCN3CCC(C(C)C)CC3)CC2)C(C)O1. The van der Waals surface area contributed by atoms with Crippen LogP contribution in [-0.4, -0.2) is 79.6 Å². The van der Waals surface area contributed by atoms with Crippen molar-refractivity contribution in [1.82, 2.24) is 15.1 Å². The van der Waals surface area contributed by atoms with Gasteiger partial charge in [-0.2, -0.15) is 0 Å². The van der Waals surface area contributed by atoms with Crippen molar-refractivity contribution in [3.8, 4) is 0 Å². The normalized spacial score (nSPS) is 25.0. The van der Waals surface area contributed by atoms with Crippen LogP contribution in [0.25, 0.3) is 0 Å². The summed E-state index contributed by atoms with van der Waals surface area (Å²) in [5.74, 6) is 2.88. The highest BCUT2D eigenvalue weighted by Crippen LogP contribution is 2.25. The molecule has 194 valence electrons. The molecule has 0 aliphatic carbocycles. The maximum Gasteiger partial charge on any atom is 0.223 e. The summed E-state index contributed by atoms with van der Waals surface area (Å²) in [5, 5.41) is 3.22. The number of rotatable bonds is 9. The third-order valence-corrected chi connectivity index (χ3v) is 8.43. The molecule has 1 aromatic carbocycles. The van der Waals surface area contributed by atoms with Crippen molar-refractivity contribution in [2.24, 2.45) is 22.7 Å². The molecule has 1 N–H and O–H groups in total. The highest BCUT2D eigenvalue weighted by Gasteiger charge is 2.32. The zero-order valence-corrected chi connectivity index (χ0v) is 22.3. The topological polar surface area (TPSA) is 57.2 Å². The van der Waals surface area contributed by atoms with Crippen LogP contribution < -0.4 is 5.32 Å². The van der Waals surface area contributed by atoms with Gasteiger partial charge in [-0.3, -0.25) is 4.79 Å². The molecule has 0 radical (unpaired) electrons. The Bertz CT molecular complexity index is 854. The molecule has 0 aromatic heterocycles. The van der Waals surface area contributed by atoms with Crippen molar-refractivity contribution >= 4 is 11.8 Å². The number of carbonyl (C=O) groups is 1. The van der Waals surface area contributed by atoms with Gasteiger partial charge in [-0.25, -0.2) is 4.99 Å². The van der Waals surface area contributed by atoms with Gasteiger partial charge >= 0.3 is 0 Å².